The Kier molecular flexibility index (Phi) is 5.10. The first-order chi connectivity index (χ1) is 10.3. The van der Waals surface area contributed by atoms with Gasteiger partial charge in [-0.3, -0.25) is 9.52 Å². The molecule has 5 nitrogen and oxygen atoms in total. The van der Waals surface area contributed by atoms with Gasteiger partial charge in [0.25, 0.3) is 10.0 Å². The zero-order valence-corrected chi connectivity index (χ0v) is 14.3. The Morgan fingerprint density at radius 2 is 2.09 bits per heavy atom. The lowest BCUT2D eigenvalue weighted by Gasteiger charge is -2.11. The predicted molar refractivity (Wildman–Crippen MR) is 87.0 cm³/mol. The van der Waals surface area contributed by atoms with Crippen molar-refractivity contribution in [3.63, 3.8) is 0 Å². The molecule has 0 unspecified atom stereocenters. The van der Waals surface area contributed by atoms with E-state index in [2.05, 4.69) is 9.46 Å². The van der Waals surface area contributed by atoms with Crippen LogP contribution in [0.15, 0.2) is 34.5 Å². The highest BCUT2D eigenvalue weighted by molar-refractivity contribution is 7.92. The van der Waals surface area contributed by atoms with E-state index in [-0.39, 0.29) is 11.3 Å². The van der Waals surface area contributed by atoms with Gasteiger partial charge in [-0.1, -0.05) is 17.7 Å². The van der Waals surface area contributed by atoms with Crippen LogP contribution < -0.4 is 4.72 Å². The molecule has 1 aromatic carbocycles. The lowest BCUT2D eigenvalue weighted by Crippen LogP contribution is -2.15. The van der Waals surface area contributed by atoms with Crippen LogP contribution >= 0.6 is 22.9 Å². The van der Waals surface area contributed by atoms with Gasteiger partial charge in [-0.15, -0.1) is 11.3 Å². The first-order valence-electron chi connectivity index (χ1n) is 6.26. The van der Waals surface area contributed by atoms with Crippen molar-refractivity contribution in [1.29, 1.82) is 0 Å². The number of benzene rings is 1. The predicted octanol–water partition coefficient (Wildman–Crippen LogP) is 3.23. The number of methoxy groups -OCH3 is 1. The van der Waals surface area contributed by atoms with Gasteiger partial charge in [-0.2, -0.15) is 0 Å². The van der Waals surface area contributed by atoms with Crippen molar-refractivity contribution in [1.82, 2.24) is 0 Å². The second-order valence-electron chi connectivity index (χ2n) is 4.48. The van der Waals surface area contributed by atoms with Crippen molar-refractivity contribution in [2.24, 2.45) is 0 Å². The van der Waals surface area contributed by atoms with Crippen LogP contribution in [0.4, 0.5) is 5.69 Å². The molecule has 8 heteroatoms. The Hall–Kier alpha value is -1.57. The number of ether oxygens (including phenoxy) is 1. The van der Waals surface area contributed by atoms with E-state index in [9.17, 15) is 13.2 Å². The molecule has 0 spiro atoms. The molecule has 0 amide bonds. The van der Waals surface area contributed by atoms with E-state index >= 15 is 0 Å². The number of hydrogen-bond acceptors (Lipinski definition) is 5. The summed E-state index contributed by atoms with van der Waals surface area (Å²) < 4.78 is 32.1. The zero-order chi connectivity index (χ0) is 16.3. The summed E-state index contributed by atoms with van der Waals surface area (Å²) in [6.07, 6.45) is 0.0144. The SMILES string of the molecule is COC(=O)Cc1sccc1NS(=O)(=O)c1cccc(Cl)c1C. The fourth-order valence-corrected chi connectivity index (χ4v) is 4.32. The third-order valence-electron chi connectivity index (χ3n) is 3.03. The Labute approximate surface area is 137 Å². The van der Waals surface area contributed by atoms with E-state index in [0.717, 1.165) is 0 Å². The standard InChI is InChI=1S/C14H14ClNO4S2/c1-9-10(15)4-3-5-13(9)22(18,19)16-11-6-7-21-12(11)8-14(17)20-2/h3-7,16H,8H2,1-2H3. The summed E-state index contributed by atoms with van der Waals surface area (Å²) in [6, 6.07) is 6.30. The average molecular weight is 360 g/mol. The molecule has 1 aromatic heterocycles. The summed E-state index contributed by atoms with van der Waals surface area (Å²) in [6.45, 7) is 1.64. The zero-order valence-electron chi connectivity index (χ0n) is 11.9. The number of anilines is 1. The Morgan fingerprint density at radius 3 is 2.77 bits per heavy atom. The second kappa shape index (κ2) is 6.68. The van der Waals surface area contributed by atoms with Crippen molar-refractivity contribution in [2.75, 3.05) is 11.8 Å². The smallest absolute Gasteiger partial charge is 0.310 e. The van der Waals surface area contributed by atoms with E-state index in [4.69, 9.17) is 11.6 Å². The number of halogens is 1. The summed E-state index contributed by atoms with van der Waals surface area (Å²) in [5.41, 5.74) is 0.844. The minimum absolute atomic E-state index is 0.0144. The highest BCUT2D eigenvalue weighted by Crippen LogP contribution is 2.28. The minimum atomic E-state index is -3.78. The van der Waals surface area contributed by atoms with Gasteiger partial charge in [-0.05, 0) is 36.1 Å². The molecule has 1 heterocycles. The fraction of sp³-hybridized carbons (Fsp3) is 0.214. The maximum absolute atomic E-state index is 12.5. The summed E-state index contributed by atoms with van der Waals surface area (Å²) >= 11 is 7.25. The van der Waals surface area contributed by atoms with Crippen LogP contribution in [0.25, 0.3) is 0 Å². The summed E-state index contributed by atoms with van der Waals surface area (Å²) in [7, 11) is -2.49. The first kappa shape index (κ1) is 16.8. The first-order valence-corrected chi connectivity index (χ1v) is 9.00. The average Bonchev–Trinajstić information content (AvgIpc) is 2.87. The summed E-state index contributed by atoms with van der Waals surface area (Å²) in [5, 5.41) is 2.09. The van der Waals surface area contributed by atoms with Crippen molar-refractivity contribution in [3.05, 3.63) is 45.1 Å². The number of sulfonamides is 1. The van der Waals surface area contributed by atoms with Gasteiger partial charge in [0, 0.05) is 9.90 Å². The van der Waals surface area contributed by atoms with Gasteiger partial charge >= 0.3 is 5.97 Å². The minimum Gasteiger partial charge on any atom is -0.469 e. The monoisotopic (exact) mass is 359 g/mol. The van der Waals surface area contributed by atoms with E-state index < -0.39 is 16.0 Å². The number of carbonyl (C=O) groups is 1. The molecule has 22 heavy (non-hydrogen) atoms. The summed E-state index contributed by atoms with van der Waals surface area (Å²) in [5.74, 6) is -0.429. The van der Waals surface area contributed by atoms with E-state index in [1.807, 2.05) is 0 Å². The van der Waals surface area contributed by atoms with Crippen molar-refractivity contribution in [3.8, 4) is 0 Å². The number of esters is 1. The van der Waals surface area contributed by atoms with E-state index in [1.165, 1.54) is 24.5 Å². The highest BCUT2D eigenvalue weighted by atomic mass is 35.5. The Bertz CT molecular complexity index is 799. The maximum atomic E-state index is 12.5. The van der Waals surface area contributed by atoms with E-state index in [1.54, 1.807) is 30.5 Å². The number of rotatable bonds is 5. The summed E-state index contributed by atoms with van der Waals surface area (Å²) in [4.78, 5) is 12.1. The third kappa shape index (κ3) is 3.60. The number of nitrogens with one attached hydrogen (secondary N) is 1. The van der Waals surface area contributed by atoms with Gasteiger partial charge in [0.1, 0.15) is 0 Å². The lowest BCUT2D eigenvalue weighted by molar-refractivity contribution is -0.139. The molecule has 0 radical (unpaired) electrons. The molecule has 0 aliphatic rings. The Morgan fingerprint density at radius 1 is 1.36 bits per heavy atom. The van der Waals surface area contributed by atoms with Crippen molar-refractivity contribution >= 4 is 44.6 Å². The molecule has 0 saturated heterocycles. The van der Waals surface area contributed by atoms with Crippen LogP contribution in [0.1, 0.15) is 10.4 Å². The topological polar surface area (TPSA) is 72.5 Å². The second-order valence-corrected chi connectivity index (χ2v) is 7.54. The fourth-order valence-electron chi connectivity index (χ4n) is 1.85. The molecule has 0 fully saturated rings. The van der Waals surface area contributed by atoms with Crippen LogP contribution in [0.5, 0.6) is 0 Å². The maximum Gasteiger partial charge on any atom is 0.310 e. The third-order valence-corrected chi connectivity index (χ3v) is 5.87. The number of thiophene rings is 1. The van der Waals surface area contributed by atoms with Gasteiger partial charge < -0.3 is 4.74 Å². The molecule has 0 saturated carbocycles. The van der Waals surface area contributed by atoms with E-state index in [0.29, 0.717) is 21.2 Å². The molecular formula is C14H14ClNO4S2. The van der Waals surface area contributed by atoms with Crippen LogP contribution in [0, 0.1) is 6.92 Å². The normalized spacial score (nSPS) is 11.2. The van der Waals surface area contributed by atoms with Gasteiger partial charge in [0.2, 0.25) is 0 Å². The molecule has 2 rings (SSSR count). The molecule has 118 valence electrons. The van der Waals surface area contributed by atoms with Gasteiger partial charge in [0.15, 0.2) is 0 Å². The number of carbonyl (C=O) groups excluding carboxylic acids is 1. The van der Waals surface area contributed by atoms with Crippen LogP contribution in [0.2, 0.25) is 5.02 Å². The molecule has 0 aliphatic heterocycles. The lowest BCUT2D eigenvalue weighted by atomic mass is 10.2. The molecule has 0 bridgehead atoms. The molecule has 1 N–H and O–H groups in total. The van der Waals surface area contributed by atoms with Crippen molar-refractivity contribution < 1.29 is 17.9 Å². The Balaban J connectivity index is 2.32. The number of hydrogen-bond donors (Lipinski definition) is 1. The van der Waals surface area contributed by atoms with Gasteiger partial charge in [0.05, 0.1) is 24.1 Å². The van der Waals surface area contributed by atoms with Crippen LogP contribution in [-0.4, -0.2) is 21.5 Å². The largest absolute Gasteiger partial charge is 0.469 e. The highest BCUT2D eigenvalue weighted by Gasteiger charge is 2.20. The van der Waals surface area contributed by atoms with Crippen LogP contribution in [0.3, 0.4) is 0 Å². The molecule has 2 aromatic rings. The molecule has 0 atom stereocenters. The quantitative estimate of drug-likeness (QED) is 0.832. The van der Waals surface area contributed by atoms with Crippen LogP contribution in [-0.2, 0) is 26.0 Å². The molecule has 0 aliphatic carbocycles. The van der Waals surface area contributed by atoms with Gasteiger partial charge in [-0.25, -0.2) is 8.42 Å². The van der Waals surface area contributed by atoms with Crippen molar-refractivity contribution in [2.45, 2.75) is 18.2 Å². The molecular weight excluding hydrogens is 346 g/mol.